The Labute approximate surface area is 195 Å². The molecule has 1 aliphatic carbocycles. The molecule has 2 aromatic carbocycles. The van der Waals surface area contributed by atoms with E-state index in [9.17, 15) is 14.4 Å². The predicted octanol–water partition coefficient (Wildman–Crippen LogP) is 4.63. The molecule has 0 aromatic heterocycles. The normalized spacial score (nSPS) is 19.4. The molecule has 1 saturated carbocycles. The molecule has 2 N–H and O–H groups in total. The number of carbonyl (C=O) groups is 3. The van der Waals surface area contributed by atoms with Crippen molar-refractivity contribution in [1.82, 2.24) is 10.2 Å². The van der Waals surface area contributed by atoms with Crippen LogP contribution < -0.4 is 10.6 Å². The number of nitrogens with one attached hydrogen (secondary N) is 2. The minimum absolute atomic E-state index is 0.0668. The minimum atomic E-state index is -0.187. The first kappa shape index (κ1) is 23.0. The lowest BCUT2D eigenvalue weighted by Crippen LogP contribution is -2.47. The monoisotopic (exact) mass is 447 g/mol. The van der Waals surface area contributed by atoms with E-state index in [2.05, 4.69) is 10.6 Å². The lowest BCUT2D eigenvalue weighted by atomic mass is 9.95. The lowest BCUT2D eigenvalue weighted by molar-refractivity contribution is -0.127. The highest BCUT2D eigenvalue weighted by molar-refractivity contribution is 6.04. The summed E-state index contributed by atoms with van der Waals surface area (Å²) in [5, 5.41) is 6.10. The zero-order chi connectivity index (χ0) is 23.0. The topological polar surface area (TPSA) is 78.5 Å². The summed E-state index contributed by atoms with van der Waals surface area (Å²) < 4.78 is 0. The van der Waals surface area contributed by atoms with Crippen molar-refractivity contribution in [2.24, 2.45) is 5.92 Å². The van der Waals surface area contributed by atoms with Gasteiger partial charge in [0.05, 0.1) is 5.92 Å². The zero-order valence-corrected chi connectivity index (χ0v) is 19.1. The number of carbonyl (C=O) groups excluding carboxylic acids is 3. The smallest absolute Gasteiger partial charge is 0.255 e. The molecule has 33 heavy (non-hydrogen) atoms. The zero-order valence-electron chi connectivity index (χ0n) is 19.1. The number of hydrogen-bond donors (Lipinski definition) is 2. The summed E-state index contributed by atoms with van der Waals surface area (Å²) in [6, 6.07) is 16.3. The van der Waals surface area contributed by atoms with Crippen LogP contribution in [0.2, 0.25) is 0 Å². The molecule has 1 heterocycles. The predicted molar refractivity (Wildman–Crippen MR) is 129 cm³/mol. The summed E-state index contributed by atoms with van der Waals surface area (Å²) in [6.45, 7) is 1.13. The molecule has 3 amide bonds. The molecule has 1 saturated heterocycles. The maximum Gasteiger partial charge on any atom is 0.255 e. The fraction of sp³-hybridized carbons (Fsp3) is 0.444. The molecule has 6 nitrogen and oxygen atoms in total. The van der Waals surface area contributed by atoms with Crippen LogP contribution in [-0.2, 0) is 4.79 Å². The highest BCUT2D eigenvalue weighted by atomic mass is 16.2. The van der Waals surface area contributed by atoms with Crippen LogP contribution in [0, 0.1) is 5.92 Å². The van der Waals surface area contributed by atoms with Crippen LogP contribution >= 0.6 is 0 Å². The quantitative estimate of drug-likeness (QED) is 0.656. The van der Waals surface area contributed by atoms with Gasteiger partial charge in [-0.25, -0.2) is 0 Å². The van der Waals surface area contributed by atoms with Crippen molar-refractivity contribution in [2.45, 2.75) is 57.4 Å². The van der Waals surface area contributed by atoms with E-state index in [1.54, 1.807) is 41.3 Å². The molecule has 2 fully saturated rings. The molecule has 2 aromatic rings. The second kappa shape index (κ2) is 11.1. The number of nitrogens with zero attached hydrogens (tertiary/aromatic N) is 1. The third-order valence-electron chi connectivity index (χ3n) is 6.71. The molecule has 4 rings (SSSR count). The molecule has 0 radical (unpaired) electrons. The summed E-state index contributed by atoms with van der Waals surface area (Å²) in [7, 11) is 0. The van der Waals surface area contributed by atoms with Gasteiger partial charge in [0.25, 0.3) is 11.8 Å². The van der Waals surface area contributed by atoms with Crippen LogP contribution in [0.3, 0.4) is 0 Å². The largest absolute Gasteiger partial charge is 0.353 e. The molecule has 174 valence electrons. The first-order valence-electron chi connectivity index (χ1n) is 12.2. The number of anilines is 1. The molecule has 2 aliphatic rings. The van der Waals surface area contributed by atoms with Gasteiger partial charge in [-0.2, -0.15) is 0 Å². The molecule has 0 bridgehead atoms. The third kappa shape index (κ3) is 6.21. The van der Waals surface area contributed by atoms with Crippen LogP contribution in [0.5, 0.6) is 0 Å². The van der Waals surface area contributed by atoms with Crippen LogP contribution in [0.1, 0.15) is 72.1 Å². The standard InChI is InChI=1S/C27H33N3O3/c31-25(20-9-4-3-5-10-20)29-24-16-14-21(15-17-24)27(33)30-18-8-11-22(19-30)26(32)28-23-12-6-1-2-7-13-23/h3-5,9-10,14-17,22-23H,1-2,6-8,11-13,18-19H2,(H,28,32)(H,29,31). The summed E-state index contributed by atoms with van der Waals surface area (Å²) in [6.07, 6.45) is 8.67. The van der Waals surface area contributed by atoms with Gasteiger partial charge in [-0.3, -0.25) is 14.4 Å². The summed E-state index contributed by atoms with van der Waals surface area (Å²) in [5.41, 5.74) is 1.79. The van der Waals surface area contributed by atoms with Crippen molar-refractivity contribution in [3.8, 4) is 0 Å². The highest BCUT2D eigenvalue weighted by Crippen LogP contribution is 2.22. The van der Waals surface area contributed by atoms with Crippen LogP contribution in [-0.4, -0.2) is 41.8 Å². The third-order valence-corrected chi connectivity index (χ3v) is 6.71. The van der Waals surface area contributed by atoms with E-state index in [-0.39, 0.29) is 29.7 Å². The van der Waals surface area contributed by atoms with Crippen molar-refractivity contribution in [2.75, 3.05) is 18.4 Å². The van der Waals surface area contributed by atoms with Crippen molar-refractivity contribution in [3.63, 3.8) is 0 Å². The first-order valence-corrected chi connectivity index (χ1v) is 12.2. The Morgan fingerprint density at radius 1 is 0.758 bits per heavy atom. The van der Waals surface area contributed by atoms with Gasteiger partial charge in [0.15, 0.2) is 0 Å². The average Bonchev–Trinajstić information content (AvgIpc) is 3.13. The molecule has 6 heteroatoms. The Kier molecular flexibility index (Phi) is 7.76. The molecular formula is C27H33N3O3. The van der Waals surface area contributed by atoms with Crippen molar-refractivity contribution in [3.05, 3.63) is 65.7 Å². The van der Waals surface area contributed by atoms with Crippen molar-refractivity contribution < 1.29 is 14.4 Å². The van der Waals surface area contributed by atoms with Gasteiger partial charge in [-0.15, -0.1) is 0 Å². The summed E-state index contributed by atoms with van der Waals surface area (Å²) in [5.74, 6) is -0.301. The van der Waals surface area contributed by atoms with Gasteiger partial charge in [-0.05, 0) is 62.1 Å². The molecule has 1 unspecified atom stereocenters. The number of likely N-dealkylation sites (tertiary alicyclic amines) is 1. The summed E-state index contributed by atoms with van der Waals surface area (Å²) in [4.78, 5) is 40.0. The van der Waals surface area contributed by atoms with Gasteiger partial charge in [0.2, 0.25) is 5.91 Å². The Balaban J connectivity index is 1.32. The maximum atomic E-state index is 13.1. The number of rotatable bonds is 5. The van der Waals surface area contributed by atoms with Crippen LogP contribution in [0.25, 0.3) is 0 Å². The van der Waals surface area contributed by atoms with Gasteiger partial charge in [0, 0.05) is 35.9 Å². The van der Waals surface area contributed by atoms with E-state index in [1.807, 2.05) is 18.2 Å². The van der Waals surface area contributed by atoms with E-state index in [0.717, 1.165) is 25.7 Å². The van der Waals surface area contributed by atoms with Crippen LogP contribution in [0.15, 0.2) is 54.6 Å². The second-order valence-corrected chi connectivity index (χ2v) is 9.18. The molecule has 1 atom stereocenters. The van der Waals surface area contributed by atoms with E-state index in [0.29, 0.717) is 29.9 Å². The van der Waals surface area contributed by atoms with Gasteiger partial charge < -0.3 is 15.5 Å². The van der Waals surface area contributed by atoms with E-state index >= 15 is 0 Å². The van der Waals surface area contributed by atoms with E-state index in [1.165, 1.54) is 25.7 Å². The molecule has 1 aliphatic heterocycles. The lowest BCUT2D eigenvalue weighted by Gasteiger charge is -2.33. The van der Waals surface area contributed by atoms with E-state index in [4.69, 9.17) is 0 Å². The van der Waals surface area contributed by atoms with Crippen LogP contribution in [0.4, 0.5) is 5.69 Å². The maximum absolute atomic E-state index is 13.1. The van der Waals surface area contributed by atoms with Gasteiger partial charge >= 0.3 is 0 Å². The number of amides is 3. The molecular weight excluding hydrogens is 414 g/mol. The highest BCUT2D eigenvalue weighted by Gasteiger charge is 2.30. The Bertz CT molecular complexity index is 950. The Morgan fingerprint density at radius 3 is 2.15 bits per heavy atom. The number of benzene rings is 2. The first-order chi connectivity index (χ1) is 16.1. The summed E-state index contributed by atoms with van der Waals surface area (Å²) >= 11 is 0. The van der Waals surface area contributed by atoms with E-state index < -0.39 is 0 Å². The fourth-order valence-corrected chi connectivity index (χ4v) is 4.79. The Hall–Kier alpha value is -3.15. The molecule has 0 spiro atoms. The van der Waals surface area contributed by atoms with Crippen molar-refractivity contribution in [1.29, 1.82) is 0 Å². The number of hydrogen-bond acceptors (Lipinski definition) is 3. The minimum Gasteiger partial charge on any atom is -0.353 e. The Morgan fingerprint density at radius 2 is 1.45 bits per heavy atom. The second-order valence-electron chi connectivity index (χ2n) is 9.18. The number of piperidine rings is 1. The van der Waals surface area contributed by atoms with Gasteiger partial charge in [0.1, 0.15) is 0 Å². The average molecular weight is 448 g/mol. The SMILES string of the molecule is O=C(Nc1ccc(C(=O)N2CCCC(C(=O)NC3CCCCCC3)C2)cc1)c1ccccc1. The van der Waals surface area contributed by atoms with Gasteiger partial charge in [-0.1, -0.05) is 43.9 Å². The fourth-order valence-electron chi connectivity index (χ4n) is 4.79. The van der Waals surface area contributed by atoms with Crippen molar-refractivity contribution >= 4 is 23.4 Å².